The maximum Gasteiger partial charge on any atom is 0.316 e. The van der Waals surface area contributed by atoms with Crippen LogP contribution in [-0.4, -0.2) is 28.4 Å². The summed E-state index contributed by atoms with van der Waals surface area (Å²) in [5.74, 6) is 0. The third kappa shape index (κ3) is 8.88. The number of halogens is 1. The van der Waals surface area contributed by atoms with Crippen molar-refractivity contribution in [3.8, 4) is 0 Å². The molecule has 0 bridgehead atoms. The molecule has 0 unspecified atom stereocenters. The van der Waals surface area contributed by atoms with Crippen molar-refractivity contribution in [3.63, 3.8) is 0 Å². The van der Waals surface area contributed by atoms with Crippen LogP contribution in [0.2, 0.25) is 0 Å². The zero-order valence-electron chi connectivity index (χ0n) is 3.29. The first-order chi connectivity index (χ1) is 2.27. The first-order valence-electron chi connectivity index (χ1n) is 1.47. The number of alkyl halides is 1. The van der Waals surface area contributed by atoms with Crippen molar-refractivity contribution in [1.82, 2.24) is 0 Å². The number of hydrogen-bond donors (Lipinski definition) is 0. The molecule has 0 atom stereocenters. The summed E-state index contributed by atoms with van der Waals surface area (Å²) in [7, 11) is 0. The number of allylic oxidation sites excluding steroid dienone is 1. The lowest BCUT2D eigenvalue weighted by Crippen LogP contribution is -1.64. The van der Waals surface area contributed by atoms with Gasteiger partial charge in [0.2, 0.25) is 0 Å². The fourth-order valence-corrected chi connectivity index (χ4v) is 0. The minimum atomic E-state index is 0. The second-order valence-electron chi connectivity index (χ2n) is 1.09. The molecule has 0 rings (SSSR count). The van der Waals surface area contributed by atoms with Crippen molar-refractivity contribution < 1.29 is 0 Å². The van der Waals surface area contributed by atoms with E-state index >= 15 is 0 Å². The molecule has 0 aliphatic carbocycles. The summed E-state index contributed by atoms with van der Waals surface area (Å²) in [4.78, 5) is 0. The summed E-state index contributed by atoms with van der Waals surface area (Å²) in [5, 5.41) is 0.924. The largest absolute Gasteiger partial charge is 0.316 e. The molecule has 0 aromatic carbocycles. The Labute approximate surface area is 63.3 Å². The van der Waals surface area contributed by atoms with Crippen LogP contribution in [0.25, 0.3) is 0 Å². The molecule has 0 spiro atoms. The van der Waals surface area contributed by atoms with Gasteiger partial charge in [0, 0.05) is 5.33 Å². The minimum absolute atomic E-state index is 0. The minimum Gasteiger partial charge on any atom is -0.0993 e. The fraction of sp³-hybridized carbons (Fsp3) is 0.500. The Morgan fingerprint density at radius 1 is 1.83 bits per heavy atom. The van der Waals surface area contributed by atoms with Crippen molar-refractivity contribution in [1.29, 1.82) is 0 Å². The van der Waals surface area contributed by atoms with Gasteiger partial charge in [0.05, 0.1) is 0 Å². The predicted molar refractivity (Wildman–Crippen MR) is 37.2 cm³/mol. The monoisotopic (exact) mass is 160 g/mol. The molecular weight excluding hydrogens is 152 g/mol. The van der Waals surface area contributed by atoms with Crippen molar-refractivity contribution in [3.05, 3.63) is 12.2 Å². The number of rotatable bonds is 1. The van der Waals surface area contributed by atoms with Gasteiger partial charge in [-0.25, -0.2) is 0 Å². The van der Waals surface area contributed by atoms with Crippen LogP contribution in [0, 0.1) is 0 Å². The maximum absolute atomic E-state index is 3.63. The van der Waals surface area contributed by atoms with Gasteiger partial charge >= 0.3 is 23.1 Å². The zero-order chi connectivity index (χ0) is 4.28. The average Bonchev–Trinajstić information content (AvgIpc) is 1.38. The molecule has 6 heavy (non-hydrogen) atoms. The van der Waals surface area contributed by atoms with E-state index < -0.39 is 0 Å². The van der Waals surface area contributed by atoms with Gasteiger partial charge in [-0.2, -0.15) is 0 Å². The molecule has 0 nitrogen and oxygen atoms in total. The Morgan fingerprint density at radius 3 is 2.00 bits per heavy atom. The Bertz CT molecular complexity index is 42.8. The number of hydrogen-bond acceptors (Lipinski definition) is 0. The van der Waals surface area contributed by atoms with Crippen LogP contribution in [0.1, 0.15) is 6.92 Å². The highest BCUT2D eigenvalue weighted by molar-refractivity contribution is 9.09. The van der Waals surface area contributed by atoms with E-state index in [1.807, 2.05) is 6.92 Å². The van der Waals surface area contributed by atoms with E-state index in [9.17, 15) is 0 Å². The van der Waals surface area contributed by atoms with Crippen molar-refractivity contribution in [2.75, 3.05) is 5.33 Å². The first kappa shape index (κ1) is 10.1. The first-order valence-corrected chi connectivity index (χ1v) is 2.60. The van der Waals surface area contributed by atoms with E-state index in [0.717, 1.165) is 5.33 Å². The molecule has 0 amide bonds. The molecule has 0 aromatic heterocycles. The molecule has 2 heteroatoms. The summed E-state index contributed by atoms with van der Waals surface area (Å²) in [6.07, 6.45) is 0. The highest BCUT2D eigenvalue weighted by atomic mass is 79.9. The standard InChI is InChI=1S/C4H7Br.Mg.2H/c1-4(2)3-5;;;/h1,3H2,2H3;;;. The fourth-order valence-electron chi connectivity index (χ4n) is 0. The lowest BCUT2D eigenvalue weighted by Gasteiger charge is -1.77. The second kappa shape index (κ2) is 5.99. The topological polar surface area (TPSA) is 0 Å². The van der Waals surface area contributed by atoms with Crippen LogP contribution < -0.4 is 0 Å². The predicted octanol–water partition coefficient (Wildman–Crippen LogP) is 1.04. The Kier molecular flexibility index (Phi) is 10.0. The molecule has 0 saturated heterocycles. The Hall–Kier alpha value is 0.986. The van der Waals surface area contributed by atoms with Gasteiger partial charge in [-0.15, -0.1) is 0 Å². The molecule has 0 aliphatic rings. The van der Waals surface area contributed by atoms with E-state index in [2.05, 4.69) is 22.5 Å². The summed E-state index contributed by atoms with van der Waals surface area (Å²) < 4.78 is 0. The van der Waals surface area contributed by atoms with Gasteiger partial charge in [0.1, 0.15) is 0 Å². The second-order valence-corrected chi connectivity index (χ2v) is 1.65. The molecule has 0 saturated carbocycles. The summed E-state index contributed by atoms with van der Waals surface area (Å²) in [6, 6.07) is 0. The van der Waals surface area contributed by atoms with E-state index in [1.165, 1.54) is 5.57 Å². The third-order valence-corrected chi connectivity index (χ3v) is 1.19. The van der Waals surface area contributed by atoms with Crippen LogP contribution in [-0.2, 0) is 0 Å². The maximum atomic E-state index is 3.63. The lowest BCUT2D eigenvalue weighted by molar-refractivity contribution is 1.46. The van der Waals surface area contributed by atoms with Gasteiger partial charge in [-0.05, 0) is 6.92 Å². The van der Waals surface area contributed by atoms with Gasteiger partial charge in [-0.1, -0.05) is 28.1 Å². The van der Waals surface area contributed by atoms with E-state index in [1.54, 1.807) is 0 Å². The molecular formula is C4H9BrMg. The van der Waals surface area contributed by atoms with Gasteiger partial charge in [0.25, 0.3) is 0 Å². The summed E-state index contributed by atoms with van der Waals surface area (Å²) in [6.45, 7) is 5.61. The van der Waals surface area contributed by atoms with Crippen LogP contribution in [0.15, 0.2) is 12.2 Å². The molecule has 0 N–H and O–H groups in total. The Balaban J connectivity index is 0. The molecule has 0 radical (unpaired) electrons. The van der Waals surface area contributed by atoms with Crippen LogP contribution in [0.4, 0.5) is 0 Å². The van der Waals surface area contributed by atoms with Gasteiger partial charge in [0.15, 0.2) is 0 Å². The molecule has 34 valence electrons. The van der Waals surface area contributed by atoms with E-state index in [-0.39, 0.29) is 23.1 Å². The van der Waals surface area contributed by atoms with E-state index in [0.29, 0.717) is 0 Å². The van der Waals surface area contributed by atoms with Crippen molar-refractivity contribution in [2.24, 2.45) is 0 Å². The summed E-state index contributed by atoms with van der Waals surface area (Å²) in [5.41, 5.74) is 1.17. The highest BCUT2D eigenvalue weighted by Gasteiger charge is 1.69. The quantitative estimate of drug-likeness (QED) is 0.306. The summed E-state index contributed by atoms with van der Waals surface area (Å²) >= 11 is 3.21. The van der Waals surface area contributed by atoms with Crippen molar-refractivity contribution in [2.45, 2.75) is 6.92 Å². The van der Waals surface area contributed by atoms with Gasteiger partial charge < -0.3 is 0 Å². The SMILES string of the molecule is C=C(C)CBr.[MgH2]. The molecule has 0 aliphatic heterocycles. The smallest absolute Gasteiger partial charge is 0.0993 e. The van der Waals surface area contributed by atoms with Crippen LogP contribution in [0.3, 0.4) is 0 Å². The third-order valence-electron chi connectivity index (χ3n) is 0.228. The van der Waals surface area contributed by atoms with E-state index in [4.69, 9.17) is 0 Å². The van der Waals surface area contributed by atoms with Crippen LogP contribution >= 0.6 is 15.9 Å². The lowest BCUT2D eigenvalue weighted by atomic mass is 10.4. The average molecular weight is 161 g/mol. The highest BCUT2D eigenvalue weighted by Crippen LogP contribution is 1.89. The van der Waals surface area contributed by atoms with Gasteiger partial charge in [-0.3, -0.25) is 0 Å². The normalized spacial score (nSPS) is 6.33. The molecule has 0 fully saturated rings. The molecule has 0 aromatic rings. The molecule has 0 heterocycles. The Morgan fingerprint density at radius 2 is 2.00 bits per heavy atom. The van der Waals surface area contributed by atoms with Crippen LogP contribution in [0.5, 0.6) is 0 Å². The zero-order valence-corrected chi connectivity index (χ0v) is 4.88. The van der Waals surface area contributed by atoms with Crippen molar-refractivity contribution >= 4 is 39.0 Å².